The number of para-hydroxylation sites is 1. The normalized spacial score (nSPS) is 12.6. The molecule has 4 N–H and O–H groups in total. The van der Waals surface area contributed by atoms with E-state index in [0.717, 1.165) is 16.8 Å². The average Bonchev–Trinajstić information content (AvgIpc) is 2.92. The van der Waals surface area contributed by atoms with Gasteiger partial charge in [0.15, 0.2) is 12.2 Å². The number of ether oxygens (including phenoxy) is 2. The Kier molecular flexibility index (Phi) is 9.01. The molecule has 0 unspecified atom stereocenters. The maximum absolute atomic E-state index is 13.2. The van der Waals surface area contributed by atoms with E-state index in [1.165, 1.54) is 11.6 Å². The molecule has 2 atom stereocenters. The van der Waals surface area contributed by atoms with Gasteiger partial charge in [0.25, 0.3) is 5.91 Å². The Labute approximate surface area is 235 Å². The van der Waals surface area contributed by atoms with Crippen molar-refractivity contribution in [1.82, 2.24) is 5.48 Å². The molecule has 38 heavy (non-hydrogen) atoms. The van der Waals surface area contributed by atoms with Gasteiger partial charge in [0.2, 0.25) is 0 Å². The zero-order valence-corrected chi connectivity index (χ0v) is 22.8. The number of carbonyl (C=O) groups is 2. The van der Waals surface area contributed by atoms with E-state index in [0.29, 0.717) is 20.4 Å². The van der Waals surface area contributed by atoms with Crippen molar-refractivity contribution in [3.8, 4) is 11.5 Å². The summed E-state index contributed by atoms with van der Waals surface area (Å²) in [6, 6.07) is 24.9. The highest BCUT2D eigenvalue weighted by Gasteiger charge is 2.31. The lowest BCUT2D eigenvalue weighted by atomic mass is 10.0. The maximum Gasteiger partial charge on any atom is 0.412 e. The molecular weight excluding hydrogens is 620 g/mol. The first-order valence-electron chi connectivity index (χ1n) is 11.3. The third kappa shape index (κ3) is 6.71. The Balaban J connectivity index is 1.74. The molecule has 0 aliphatic carbocycles. The molecule has 4 aromatic rings. The standard InChI is InChI=1S/C28H22Br2N2O6/c29-18-15-21(26(34)22(30)16-18)27(24(13-14-25(33)32-36)37-19-9-2-1-3-10-19)38-28(35)31-23-12-6-8-17-7-4-5-11-20(17)23/h1-16,24,27,34,36H,(H,31,35)(H,32,33)/b14-13+/t24-,27-/m1/s1. The fraction of sp³-hybridized carbons (Fsp3) is 0.0714. The Morgan fingerprint density at radius 3 is 2.39 bits per heavy atom. The van der Waals surface area contributed by atoms with Crippen molar-refractivity contribution in [3.05, 3.63) is 112 Å². The highest BCUT2D eigenvalue weighted by Crippen LogP contribution is 2.39. The van der Waals surface area contributed by atoms with Crippen LogP contribution in [0, 0.1) is 0 Å². The predicted molar refractivity (Wildman–Crippen MR) is 150 cm³/mol. The molecule has 0 radical (unpaired) electrons. The lowest BCUT2D eigenvalue weighted by Crippen LogP contribution is -2.30. The summed E-state index contributed by atoms with van der Waals surface area (Å²) in [5, 5.41) is 24.4. The van der Waals surface area contributed by atoms with Gasteiger partial charge in [0.1, 0.15) is 11.5 Å². The first kappa shape index (κ1) is 27.2. The van der Waals surface area contributed by atoms with Gasteiger partial charge in [0.05, 0.1) is 10.2 Å². The Morgan fingerprint density at radius 1 is 0.921 bits per heavy atom. The Morgan fingerprint density at radius 2 is 1.63 bits per heavy atom. The van der Waals surface area contributed by atoms with Crippen molar-refractivity contribution in [2.24, 2.45) is 0 Å². The molecule has 4 aromatic carbocycles. The summed E-state index contributed by atoms with van der Waals surface area (Å²) in [4.78, 5) is 25.0. The Bertz CT molecular complexity index is 1470. The number of amides is 2. The molecule has 10 heteroatoms. The summed E-state index contributed by atoms with van der Waals surface area (Å²) in [7, 11) is 0. The highest BCUT2D eigenvalue weighted by molar-refractivity contribution is 9.11. The third-order valence-electron chi connectivity index (χ3n) is 5.49. The van der Waals surface area contributed by atoms with Gasteiger partial charge >= 0.3 is 6.09 Å². The number of nitrogens with one attached hydrogen (secondary N) is 2. The van der Waals surface area contributed by atoms with E-state index in [9.17, 15) is 14.7 Å². The molecule has 0 aliphatic rings. The number of anilines is 1. The summed E-state index contributed by atoms with van der Waals surface area (Å²) in [6.07, 6.45) is -0.787. The molecule has 0 spiro atoms. The van der Waals surface area contributed by atoms with Gasteiger partial charge in [-0.3, -0.25) is 15.3 Å². The maximum atomic E-state index is 13.2. The van der Waals surface area contributed by atoms with Crippen molar-refractivity contribution in [2.45, 2.75) is 12.2 Å². The van der Waals surface area contributed by atoms with Crippen LogP contribution in [0.5, 0.6) is 11.5 Å². The molecule has 194 valence electrons. The molecule has 0 aromatic heterocycles. The molecule has 0 bridgehead atoms. The first-order valence-corrected chi connectivity index (χ1v) is 12.9. The number of phenols is 1. The molecular formula is C28H22Br2N2O6. The number of rotatable bonds is 8. The third-order valence-corrected chi connectivity index (χ3v) is 6.55. The second-order valence-corrected chi connectivity index (χ2v) is 9.80. The summed E-state index contributed by atoms with van der Waals surface area (Å²) in [6.45, 7) is 0. The quantitative estimate of drug-likeness (QED) is 0.0948. The molecule has 0 fully saturated rings. The van der Waals surface area contributed by atoms with E-state index in [-0.39, 0.29) is 11.3 Å². The van der Waals surface area contributed by atoms with Crippen LogP contribution in [0.3, 0.4) is 0 Å². The minimum absolute atomic E-state index is 0.183. The van der Waals surface area contributed by atoms with Crippen molar-refractivity contribution in [1.29, 1.82) is 0 Å². The van der Waals surface area contributed by atoms with E-state index < -0.39 is 24.2 Å². The van der Waals surface area contributed by atoms with E-state index in [2.05, 4.69) is 37.2 Å². The van der Waals surface area contributed by atoms with E-state index in [1.54, 1.807) is 48.5 Å². The molecule has 0 aliphatic heterocycles. The zero-order chi connectivity index (χ0) is 27.1. The monoisotopic (exact) mass is 640 g/mol. The number of hydrogen-bond acceptors (Lipinski definition) is 6. The van der Waals surface area contributed by atoms with Crippen LogP contribution in [0.25, 0.3) is 10.8 Å². The highest BCUT2D eigenvalue weighted by atomic mass is 79.9. The number of aromatic hydroxyl groups is 1. The van der Waals surface area contributed by atoms with Crippen molar-refractivity contribution in [2.75, 3.05) is 5.32 Å². The number of halogens is 2. The van der Waals surface area contributed by atoms with Crippen molar-refractivity contribution < 1.29 is 29.4 Å². The van der Waals surface area contributed by atoms with Crippen LogP contribution in [0.15, 0.2) is 106 Å². The molecule has 0 saturated carbocycles. The van der Waals surface area contributed by atoms with E-state index in [1.807, 2.05) is 36.4 Å². The van der Waals surface area contributed by atoms with Crippen LogP contribution in [-0.2, 0) is 9.53 Å². The summed E-state index contributed by atoms with van der Waals surface area (Å²) >= 11 is 6.71. The summed E-state index contributed by atoms with van der Waals surface area (Å²) in [5.74, 6) is -0.578. The van der Waals surface area contributed by atoms with Crippen LogP contribution in [0.4, 0.5) is 10.5 Å². The smallest absolute Gasteiger partial charge is 0.412 e. The van der Waals surface area contributed by atoms with Crippen LogP contribution in [-0.4, -0.2) is 28.4 Å². The predicted octanol–water partition coefficient (Wildman–Crippen LogP) is 6.87. The number of fused-ring (bicyclic) bond motifs is 1. The number of phenolic OH excluding ortho intramolecular Hbond substituents is 1. The lowest BCUT2D eigenvalue weighted by Gasteiger charge is -2.27. The molecule has 0 heterocycles. The minimum atomic E-state index is -1.23. The second-order valence-electron chi connectivity index (χ2n) is 8.03. The van der Waals surface area contributed by atoms with Gasteiger partial charge in [-0.1, -0.05) is 70.5 Å². The van der Waals surface area contributed by atoms with Crippen molar-refractivity contribution in [3.63, 3.8) is 0 Å². The van der Waals surface area contributed by atoms with E-state index >= 15 is 0 Å². The summed E-state index contributed by atoms with van der Waals surface area (Å²) < 4.78 is 12.9. The van der Waals surface area contributed by atoms with Crippen LogP contribution in [0.1, 0.15) is 11.7 Å². The largest absolute Gasteiger partial charge is 0.506 e. The SMILES string of the molecule is O=C(/C=C/[C@@H](Oc1ccccc1)[C@H](OC(=O)Nc1cccc2ccccc12)c1cc(Br)cc(Br)c1O)NO. The van der Waals surface area contributed by atoms with Crippen LogP contribution in [0.2, 0.25) is 0 Å². The van der Waals surface area contributed by atoms with Gasteiger partial charge in [0, 0.05) is 21.5 Å². The minimum Gasteiger partial charge on any atom is -0.506 e. The van der Waals surface area contributed by atoms with E-state index in [4.69, 9.17) is 14.7 Å². The van der Waals surface area contributed by atoms with Gasteiger partial charge in [-0.05, 0) is 57.7 Å². The second kappa shape index (κ2) is 12.6. The zero-order valence-electron chi connectivity index (χ0n) is 19.7. The lowest BCUT2D eigenvalue weighted by molar-refractivity contribution is -0.124. The number of carbonyl (C=O) groups excluding carboxylic acids is 2. The average molecular weight is 642 g/mol. The molecule has 4 rings (SSSR count). The number of hydroxylamine groups is 1. The number of hydrogen-bond donors (Lipinski definition) is 4. The first-order chi connectivity index (χ1) is 18.4. The fourth-order valence-corrected chi connectivity index (χ4v) is 5.04. The van der Waals surface area contributed by atoms with Crippen molar-refractivity contribution >= 4 is 60.3 Å². The van der Waals surface area contributed by atoms with Crippen LogP contribution < -0.4 is 15.5 Å². The molecule has 2 amide bonds. The fourth-order valence-electron chi connectivity index (χ4n) is 3.78. The topological polar surface area (TPSA) is 117 Å². The summed E-state index contributed by atoms with van der Waals surface area (Å²) in [5.41, 5.74) is 2.25. The van der Waals surface area contributed by atoms with Gasteiger partial charge in [-0.15, -0.1) is 0 Å². The van der Waals surface area contributed by atoms with Gasteiger partial charge < -0.3 is 14.6 Å². The number of benzene rings is 4. The van der Waals surface area contributed by atoms with Crippen LogP contribution >= 0.6 is 31.9 Å². The van der Waals surface area contributed by atoms with Gasteiger partial charge in [-0.25, -0.2) is 10.3 Å². The Hall–Kier alpha value is -3.86. The van der Waals surface area contributed by atoms with Gasteiger partial charge in [-0.2, -0.15) is 0 Å². The molecule has 8 nitrogen and oxygen atoms in total. The molecule has 0 saturated heterocycles.